The van der Waals surface area contributed by atoms with Crippen molar-refractivity contribution in [2.24, 2.45) is 0 Å². The summed E-state index contributed by atoms with van der Waals surface area (Å²) in [6.07, 6.45) is 1.70. The highest BCUT2D eigenvalue weighted by Gasteiger charge is 2.25. The van der Waals surface area contributed by atoms with E-state index in [1.165, 1.54) is 0 Å². The largest absolute Gasteiger partial charge is 0.389 e. The Hall–Kier alpha value is -3.00. The zero-order valence-electron chi connectivity index (χ0n) is 18.8. The number of hydrogen-bond acceptors (Lipinski definition) is 6. The van der Waals surface area contributed by atoms with E-state index in [0.717, 1.165) is 30.0 Å². The van der Waals surface area contributed by atoms with Crippen molar-refractivity contribution in [3.05, 3.63) is 71.4 Å². The van der Waals surface area contributed by atoms with Gasteiger partial charge in [-0.05, 0) is 56.3 Å². The number of hydrogen-bond donors (Lipinski definition) is 2. The SMILES string of the molecule is CC(C)(O)CN1CCN(C(=O)c2ccc(Nc3nccc(-c4ccc(Cl)cc4)n3)cc2)CC1. The van der Waals surface area contributed by atoms with Crippen LogP contribution in [0.15, 0.2) is 60.8 Å². The van der Waals surface area contributed by atoms with E-state index >= 15 is 0 Å². The first-order valence-electron chi connectivity index (χ1n) is 11.0. The van der Waals surface area contributed by atoms with Gasteiger partial charge in [0.15, 0.2) is 0 Å². The van der Waals surface area contributed by atoms with Gasteiger partial charge in [0, 0.05) is 60.8 Å². The molecule has 0 saturated carbocycles. The first-order chi connectivity index (χ1) is 15.8. The van der Waals surface area contributed by atoms with Gasteiger partial charge in [0.2, 0.25) is 5.95 Å². The maximum Gasteiger partial charge on any atom is 0.253 e. The molecule has 4 rings (SSSR count). The summed E-state index contributed by atoms with van der Waals surface area (Å²) in [7, 11) is 0. The molecule has 0 radical (unpaired) electrons. The van der Waals surface area contributed by atoms with E-state index in [1.54, 1.807) is 20.0 Å². The Morgan fingerprint density at radius 1 is 1.03 bits per heavy atom. The Labute approximate surface area is 199 Å². The third kappa shape index (κ3) is 6.28. The fourth-order valence-corrected chi connectivity index (χ4v) is 3.99. The van der Waals surface area contributed by atoms with Crippen LogP contribution in [0.3, 0.4) is 0 Å². The van der Waals surface area contributed by atoms with Crippen molar-refractivity contribution in [3.63, 3.8) is 0 Å². The number of piperazine rings is 1. The average Bonchev–Trinajstić information content (AvgIpc) is 2.79. The lowest BCUT2D eigenvalue weighted by Crippen LogP contribution is -2.51. The number of anilines is 2. The molecule has 33 heavy (non-hydrogen) atoms. The summed E-state index contributed by atoms with van der Waals surface area (Å²) in [6.45, 7) is 7.04. The maximum absolute atomic E-state index is 12.9. The zero-order valence-corrected chi connectivity index (χ0v) is 19.6. The van der Waals surface area contributed by atoms with Gasteiger partial charge in [0.05, 0.1) is 11.3 Å². The lowest BCUT2D eigenvalue weighted by Gasteiger charge is -2.37. The van der Waals surface area contributed by atoms with E-state index < -0.39 is 5.60 Å². The van der Waals surface area contributed by atoms with Crippen molar-refractivity contribution < 1.29 is 9.90 Å². The molecule has 1 aliphatic rings. The normalized spacial score (nSPS) is 14.8. The highest BCUT2D eigenvalue weighted by atomic mass is 35.5. The van der Waals surface area contributed by atoms with Gasteiger partial charge in [-0.2, -0.15) is 0 Å². The van der Waals surface area contributed by atoms with Gasteiger partial charge in [0.1, 0.15) is 0 Å². The van der Waals surface area contributed by atoms with Crippen LogP contribution in [-0.4, -0.2) is 69.1 Å². The second kappa shape index (κ2) is 9.87. The number of nitrogens with one attached hydrogen (secondary N) is 1. The summed E-state index contributed by atoms with van der Waals surface area (Å²) in [5, 5.41) is 13.9. The highest BCUT2D eigenvalue weighted by molar-refractivity contribution is 6.30. The molecule has 0 atom stereocenters. The Bertz CT molecular complexity index is 1090. The second-order valence-corrected chi connectivity index (χ2v) is 9.29. The lowest BCUT2D eigenvalue weighted by atomic mass is 10.1. The Morgan fingerprint density at radius 2 is 1.70 bits per heavy atom. The van der Waals surface area contributed by atoms with Crippen LogP contribution in [-0.2, 0) is 0 Å². The van der Waals surface area contributed by atoms with Crippen LogP contribution in [0.1, 0.15) is 24.2 Å². The number of carbonyl (C=O) groups is 1. The van der Waals surface area contributed by atoms with Crippen LogP contribution >= 0.6 is 11.6 Å². The summed E-state index contributed by atoms with van der Waals surface area (Å²) in [6, 6.07) is 16.7. The molecule has 1 amide bonds. The number of β-amino-alcohol motifs (C(OH)–C–C–N with tert-alkyl or cyclic N) is 1. The molecule has 2 heterocycles. The summed E-state index contributed by atoms with van der Waals surface area (Å²) >= 11 is 5.97. The Kier molecular flexibility index (Phi) is 6.93. The molecule has 172 valence electrons. The number of nitrogens with zero attached hydrogens (tertiary/aromatic N) is 4. The van der Waals surface area contributed by atoms with Gasteiger partial charge >= 0.3 is 0 Å². The van der Waals surface area contributed by atoms with Crippen LogP contribution in [0, 0.1) is 0 Å². The Morgan fingerprint density at radius 3 is 2.33 bits per heavy atom. The molecular formula is C25H28ClN5O2. The molecule has 1 fully saturated rings. The van der Waals surface area contributed by atoms with Crippen molar-refractivity contribution in [1.82, 2.24) is 19.8 Å². The molecule has 0 unspecified atom stereocenters. The van der Waals surface area contributed by atoms with Crippen LogP contribution in [0.4, 0.5) is 11.6 Å². The number of carbonyl (C=O) groups excluding carboxylic acids is 1. The van der Waals surface area contributed by atoms with Crippen LogP contribution in [0.5, 0.6) is 0 Å². The summed E-state index contributed by atoms with van der Waals surface area (Å²) in [5.74, 6) is 0.495. The second-order valence-electron chi connectivity index (χ2n) is 8.86. The molecule has 7 nitrogen and oxygen atoms in total. The molecule has 1 saturated heterocycles. The van der Waals surface area contributed by atoms with E-state index in [9.17, 15) is 9.90 Å². The quantitative estimate of drug-likeness (QED) is 0.571. The minimum absolute atomic E-state index is 0.0189. The molecule has 8 heteroatoms. The molecule has 0 spiro atoms. The van der Waals surface area contributed by atoms with Crippen molar-refractivity contribution in [1.29, 1.82) is 0 Å². The summed E-state index contributed by atoms with van der Waals surface area (Å²) in [4.78, 5) is 25.8. The number of aromatic nitrogens is 2. The molecule has 3 aromatic rings. The van der Waals surface area contributed by atoms with E-state index in [0.29, 0.717) is 36.2 Å². The third-order valence-corrected chi connectivity index (χ3v) is 5.71. The zero-order chi connectivity index (χ0) is 23.4. The first kappa shape index (κ1) is 23.2. The van der Waals surface area contributed by atoms with Gasteiger partial charge in [-0.15, -0.1) is 0 Å². The number of rotatable bonds is 6. The number of aliphatic hydroxyl groups is 1. The van der Waals surface area contributed by atoms with Crippen molar-refractivity contribution in [3.8, 4) is 11.3 Å². The minimum Gasteiger partial charge on any atom is -0.389 e. The fraction of sp³-hybridized carbons (Fsp3) is 0.320. The molecule has 1 aliphatic heterocycles. The first-order valence-corrected chi connectivity index (χ1v) is 11.3. The molecule has 0 aliphatic carbocycles. The lowest BCUT2D eigenvalue weighted by molar-refractivity contribution is 0.0178. The maximum atomic E-state index is 12.9. The van der Waals surface area contributed by atoms with E-state index in [-0.39, 0.29) is 5.91 Å². The monoisotopic (exact) mass is 465 g/mol. The van der Waals surface area contributed by atoms with Crippen molar-refractivity contribution >= 4 is 29.1 Å². The molecular weight excluding hydrogens is 438 g/mol. The standard InChI is InChI=1S/C25H28ClN5O2/c1-25(2,33)17-30-13-15-31(16-14-30)23(32)19-5-9-21(10-6-19)28-24-27-12-11-22(29-24)18-3-7-20(26)8-4-18/h3-12,33H,13-17H2,1-2H3,(H,27,28,29). The number of amides is 1. The third-order valence-electron chi connectivity index (χ3n) is 5.45. The summed E-state index contributed by atoms with van der Waals surface area (Å²) < 4.78 is 0. The predicted octanol–water partition coefficient (Wildman–Crippen LogP) is 4.07. The molecule has 2 N–H and O–H groups in total. The van der Waals surface area contributed by atoms with Crippen LogP contribution < -0.4 is 5.32 Å². The van der Waals surface area contributed by atoms with Gasteiger partial charge < -0.3 is 15.3 Å². The van der Waals surface area contributed by atoms with Gasteiger partial charge in [-0.3, -0.25) is 9.69 Å². The molecule has 1 aromatic heterocycles. The molecule has 2 aromatic carbocycles. The van der Waals surface area contributed by atoms with Gasteiger partial charge in [0.25, 0.3) is 5.91 Å². The highest BCUT2D eigenvalue weighted by Crippen LogP contribution is 2.22. The topological polar surface area (TPSA) is 81.6 Å². The molecule has 0 bridgehead atoms. The van der Waals surface area contributed by atoms with E-state index in [1.807, 2.05) is 59.5 Å². The Balaban J connectivity index is 1.36. The van der Waals surface area contributed by atoms with Gasteiger partial charge in [-0.1, -0.05) is 23.7 Å². The fourth-order valence-electron chi connectivity index (χ4n) is 3.86. The van der Waals surface area contributed by atoms with Crippen LogP contribution in [0.2, 0.25) is 5.02 Å². The van der Waals surface area contributed by atoms with Crippen LogP contribution in [0.25, 0.3) is 11.3 Å². The van der Waals surface area contributed by atoms with E-state index in [2.05, 4.69) is 20.2 Å². The summed E-state index contributed by atoms with van der Waals surface area (Å²) in [5.41, 5.74) is 2.46. The average molecular weight is 466 g/mol. The minimum atomic E-state index is -0.729. The predicted molar refractivity (Wildman–Crippen MR) is 131 cm³/mol. The van der Waals surface area contributed by atoms with Crippen molar-refractivity contribution in [2.75, 3.05) is 38.0 Å². The van der Waals surface area contributed by atoms with E-state index in [4.69, 9.17) is 11.6 Å². The number of halogens is 1. The smallest absolute Gasteiger partial charge is 0.253 e. The van der Waals surface area contributed by atoms with Gasteiger partial charge in [-0.25, -0.2) is 9.97 Å². The van der Waals surface area contributed by atoms with Crippen molar-refractivity contribution in [2.45, 2.75) is 19.4 Å². The number of benzene rings is 2.